The minimum absolute atomic E-state index is 0.507. The molecule has 2 heterocycles. The molecule has 2 aromatic heterocycles. The number of pyridine rings is 1. The minimum Gasteiger partial charge on any atom is -0.385 e. The van der Waals surface area contributed by atoms with Gasteiger partial charge in [-0.3, -0.25) is 4.98 Å². The standard InChI is InChI=1S/C13H18N6O/c1-20-8-4-7-15-13-18-12(10-17-19-13)16-9-11-5-2-3-6-14-11/h2-3,5-6,10H,4,7-9H2,1H3,(H2,15,16,18,19). The Kier molecular flexibility index (Phi) is 5.66. The van der Waals surface area contributed by atoms with Gasteiger partial charge in [0.25, 0.3) is 0 Å². The van der Waals surface area contributed by atoms with Gasteiger partial charge in [-0.25, -0.2) is 0 Å². The van der Waals surface area contributed by atoms with Gasteiger partial charge < -0.3 is 15.4 Å². The average molecular weight is 274 g/mol. The van der Waals surface area contributed by atoms with Crippen molar-refractivity contribution < 1.29 is 4.74 Å². The van der Waals surface area contributed by atoms with E-state index >= 15 is 0 Å². The fraction of sp³-hybridized carbons (Fsp3) is 0.385. The van der Waals surface area contributed by atoms with E-state index in [0.717, 1.165) is 18.7 Å². The molecule has 0 aliphatic heterocycles. The lowest BCUT2D eigenvalue weighted by atomic mass is 10.3. The van der Waals surface area contributed by atoms with E-state index in [4.69, 9.17) is 4.74 Å². The van der Waals surface area contributed by atoms with Gasteiger partial charge in [0.1, 0.15) is 0 Å². The van der Waals surface area contributed by atoms with E-state index in [0.29, 0.717) is 24.9 Å². The van der Waals surface area contributed by atoms with Crippen molar-refractivity contribution in [1.29, 1.82) is 0 Å². The van der Waals surface area contributed by atoms with Crippen LogP contribution in [0, 0.1) is 0 Å². The van der Waals surface area contributed by atoms with Crippen LogP contribution in [-0.4, -0.2) is 40.4 Å². The fourth-order valence-electron chi connectivity index (χ4n) is 1.56. The van der Waals surface area contributed by atoms with Crippen LogP contribution in [0.25, 0.3) is 0 Å². The second-order valence-electron chi connectivity index (χ2n) is 4.11. The molecular formula is C13H18N6O. The first-order valence-electron chi connectivity index (χ1n) is 6.45. The molecule has 7 heteroatoms. The molecule has 2 aromatic rings. The SMILES string of the molecule is COCCCNc1nncc(NCc2ccccn2)n1. The molecule has 0 saturated carbocycles. The summed E-state index contributed by atoms with van der Waals surface area (Å²) in [5.74, 6) is 1.17. The second-order valence-corrected chi connectivity index (χ2v) is 4.11. The summed E-state index contributed by atoms with van der Waals surface area (Å²) in [6.45, 7) is 2.06. The van der Waals surface area contributed by atoms with Crippen LogP contribution in [0.5, 0.6) is 0 Å². The summed E-state index contributed by atoms with van der Waals surface area (Å²) in [4.78, 5) is 8.55. The van der Waals surface area contributed by atoms with Gasteiger partial charge in [0, 0.05) is 26.5 Å². The summed E-state index contributed by atoms with van der Waals surface area (Å²) in [6.07, 6.45) is 4.24. The predicted octanol–water partition coefficient (Wildman–Crippen LogP) is 1.33. The quantitative estimate of drug-likeness (QED) is 0.702. The van der Waals surface area contributed by atoms with Gasteiger partial charge in [-0.15, -0.1) is 5.10 Å². The van der Waals surface area contributed by atoms with Crippen molar-refractivity contribution in [2.45, 2.75) is 13.0 Å². The summed E-state index contributed by atoms with van der Waals surface area (Å²) < 4.78 is 4.98. The number of nitrogens with one attached hydrogen (secondary N) is 2. The first-order valence-corrected chi connectivity index (χ1v) is 6.45. The van der Waals surface area contributed by atoms with Crippen LogP contribution in [0.2, 0.25) is 0 Å². The molecule has 0 fully saturated rings. The lowest BCUT2D eigenvalue weighted by Gasteiger charge is -2.07. The minimum atomic E-state index is 0.507. The van der Waals surface area contributed by atoms with E-state index in [1.165, 1.54) is 0 Å². The van der Waals surface area contributed by atoms with Gasteiger partial charge in [-0.1, -0.05) is 6.07 Å². The van der Waals surface area contributed by atoms with Gasteiger partial charge in [-0.05, 0) is 18.6 Å². The molecule has 0 unspecified atom stereocenters. The Bertz CT molecular complexity index is 507. The van der Waals surface area contributed by atoms with Crippen LogP contribution in [-0.2, 0) is 11.3 Å². The molecule has 0 atom stereocenters. The maximum absolute atomic E-state index is 4.98. The Morgan fingerprint density at radius 2 is 2.20 bits per heavy atom. The Morgan fingerprint density at radius 3 is 3.00 bits per heavy atom. The van der Waals surface area contributed by atoms with Crippen LogP contribution < -0.4 is 10.6 Å². The Hall–Kier alpha value is -2.28. The molecule has 7 nitrogen and oxygen atoms in total. The number of anilines is 2. The number of ether oxygens (including phenoxy) is 1. The molecule has 2 N–H and O–H groups in total. The molecule has 0 saturated heterocycles. The van der Waals surface area contributed by atoms with E-state index < -0.39 is 0 Å². The van der Waals surface area contributed by atoms with Crippen molar-refractivity contribution in [3.8, 4) is 0 Å². The third-order valence-corrected chi connectivity index (χ3v) is 2.54. The highest BCUT2D eigenvalue weighted by Gasteiger charge is 2.00. The van der Waals surface area contributed by atoms with Crippen LogP contribution >= 0.6 is 0 Å². The molecule has 0 bridgehead atoms. The smallest absolute Gasteiger partial charge is 0.244 e. The molecule has 20 heavy (non-hydrogen) atoms. The summed E-state index contributed by atoms with van der Waals surface area (Å²) in [5.41, 5.74) is 0.945. The Labute approximate surface area is 117 Å². The van der Waals surface area contributed by atoms with Crippen LogP contribution in [0.15, 0.2) is 30.6 Å². The molecule has 0 spiro atoms. The van der Waals surface area contributed by atoms with Crippen LogP contribution in [0.1, 0.15) is 12.1 Å². The number of hydrogen-bond donors (Lipinski definition) is 2. The maximum Gasteiger partial charge on any atom is 0.244 e. The second kappa shape index (κ2) is 8.00. The topological polar surface area (TPSA) is 84.9 Å². The normalized spacial score (nSPS) is 10.2. The number of nitrogens with zero attached hydrogens (tertiary/aromatic N) is 4. The highest BCUT2D eigenvalue weighted by atomic mass is 16.5. The van der Waals surface area contributed by atoms with Gasteiger partial charge in [0.15, 0.2) is 5.82 Å². The maximum atomic E-state index is 4.98. The van der Waals surface area contributed by atoms with E-state index in [2.05, 4.69) is 30.8 Å². The molecule has 0 aliphatic carbocycles. The van der Waals surface area contributed by atoms with Gasteiger partial charge in [0.2, 0.25) is 5.95 Å². The average Bonchev–Trinajstić information content (AvgIpc) is 2.51. The zero-order valence-corrected chi connectivity index (χ0v) is 11.4. The highest BCUT2D eigenvalue weighted by molar-refractivity contribution is 5.37. The van der Waals surface area contributed by atoms with E-state index in [-0.39, 0.29) is 0 Å². The monoisotopic (exact) mass is 274 g/mol. The number of aromatic nitrogens is 4. The molecule has 0 amide bonds. The first kappa shape index (κ1) is 14.1. The lowest BCUT2D eigenvalue weighted by Crippen LogP contribution is -2.10. The predicted molar refractivity (Wildman–Crippen MR) is 76.4 cm³/mol. The van der Waals surface area contributed by atoms with Crippen molar-refractivity contribution in [2.75, 3.05) is 30.9 Å². The molecule has 2 rings (SSSR count). The van der Waals surface area contributed by atoms with E-state index in [9.17, 15) is 0 Å². The van der Waals surface area contributed by atoms with E-state index in [1.807, 2.05) is 18.2 Å². The van der Waals surface area contributed by atoms with Crippen molar-refractivity contribution in [1.82, 2.24) is 20.2 Å². The molecule has 0 aromatic carbocycles. The van der Waals surface area contributed by atoms with Gasteiger partial charge in [-0.2, -0.15) is 10.1 Å². The molecule has 0 radical (unpaired) electrons. The Balaban J connectivity index is 1.83. The van der Waals surface area contributed by atoms with Gasteiger partial charge >= 0.3 is 0 Å². The fourth-order valence-corrected chi connectivity index (χ4v) is 1.56. The zero-order chi connectivity index (χ0) is 14.0. The molecule has 106 valence electrons. The zero-order valence-electron chi connectivity index (χ0n) is 11.4. The van der Waals surface area contributed by atoms with Crippen molar-refractivity contribution in [3.05, 3.63) is 36.3 Å². The van der Waals surface area contributed by atoms with Crippen molar-refractivity contribution in [2.24, 2.45) is 0 Å². The largest absolute Gasteiger partial charge is 0.385 e. The van der Waals surface area contributed by atoms with Gasteiger partial charge in [0.05, 0.1) is 18.4 Å². The number of hydrogen-bond acceptors (Lipinski definition) is 7. The summed E-state index contributed by atoms with van der Waals surface area (Å²) >= 11 is 0. The summed E-state index contributed by atoms with van der Waals surface area (Å²) in [6, 6.07) is 5.79. The summed E-state index contributed by atoms with van der Waals surface area (Å²) in [7, 11) is 1.68. The first-order chi connectivity index (χ1) is 9.88. The lowest BCUT2D eigenvalue weighted by molar-refractivity contribution is 0.197. The number of rotatable bonds is 8. The summed E-state index contributed by atoms with van der Waals surface area (Å²) in [5, 5.41) is 14.1. The third kappa shape index (κ3) is 4.77. The molecule has 0 aliphatic rings. The van der Waals surface area contributed by atoms with E-state index in [1.54, 1.807) is 19.5 Å². The van der Waals surface area contributed by atoms with Crippen molar-refractivity contribution in [3.63, 3.8) is 0 Å². The van der Waals surface area contributed by atoms with Crippen molar-refractivity contribution >= 4 is 11.8 Å². The van der Waals surface area contributed by atoms with Crippen LogP contribution in [0.3, 0.4) is 0 Å². The number of methoxy groups -OCH3 is 1. The third-order valence-electron chi connectivity index (χ3n) is 2.54. The molecular weight excluding hydrogens is 256 g/mol. The van der Waals surface area contributed by atoms with Crippen LogP contribution in [0.4, 0.5) is 11.8 Å². The Morgan fingerprint density at radius 1 is 1.25 bits per heavy atom. The highest BCUT2D eigenvalue weighted by Crippen LogP contribution is 2.05.